The van der Waals surface area contributed by atoms with Crippen LogP contribution in [0.3, 0.4) is 0 Å². The van der Waals surface area contributed by atoms with Gasteiger partial charge < -0.3 is 9.73 Å². The van der Waals surface area contributed by atoms with Gasteiger partial charge in [0, 0.05) is 26.1 Å². The summed E-state index contributed by atoms with van der Waals surface area (Å²) in [7, 11) is 1.92. The van der Waals surface area contributed by atoms with E-state index in [-0.39, 0.29) is 0 Å². The highest BCUT2D eigenvalue weighted by atomic mass is 35.5. The van der Waals surface area contributed by atoms with Crippen LogP contribution in [0.25, 0.3) is 0 Å². The van der Waals surface area contributed by atoms with Gasteiger partial charge in [0.05, 0.1) is 22.7 Å². The highest BCUT2D eigenvalue weighted by Crippen LogP contribution is 2.19. The van der Waals surface area contributed by atoms with Crippen LogP contribution in [-0.2, 0) is 20.0 Å². The summed E-state index contributed by atoms with van der Waals surface area (Å²) in [6.45, 7) is 4.82. The van der Waals surface area contributed by atoms with Gasteiger partial charge in [0.1, 0.15) is 5.76 Å². The predicted octanol–water partition coefficient (Wildman–Crippen LogP) is 3.09. The zero-order valence-electron chi connectivity index (χ0n) is 11.6. The molecule has 0 bridgehead atoms. The first-order valence-electron chi connectivity index (χ1n) is 6.51. The average molecular weight is 282 g/mol. The lowest BCUT2D eigenvalue weighted by molar-refractivity contribution is 0.455. The number of halogens is 1. The fraction of sp³-hybridized carbons (Fsp3) is 0.500. The van der Waals surface area contributed by atoms with Crippen LogP contribution in [0.4, 0.5) is 0 Å². The minimum Gasteiger partial charge on any atom is -0.469 e. The van der Waals surface area contributed by atoms with Gasteiger partial charge in [-0.1, -0.05) is 11.6 Å². The highest BCUT2D eigenvalue weighted by Gasteiger charge is 2.12. The molecule has 0 fully saturated rings. The minimum absolute atomic E-state index is 0.399. The lowest BCUT2D eigenvalue weighted by atomic mass is 10.1. The molecule has 2 aromatic rings. The molecule has 2 heterocycles. The molecule has 19 heavy (non-hydrogen) atoms. The Morgan fingerprint density at radius 3 is 2.89 bits per heavy atom. The van der Waals surface area contributed by atoms with Crippen LogP contribution in [-0.4, -0.2) is 15.8 Å². The van der Waals surface area contributed by atoms with Crippen molar-refractivity contribution in [3.63, 3.8) is 0 Å². The molecule has 0 radical (unpaired) electrons. The number of aromatic nitrogens is 2. The van der Waals surface area contributed by atoms with Crippen LogP contribution in [0, 0.1) is 6.92 Å². The maximum absolute atomic E-state index is 6.22. The number of aryl methyl sites for hydroxylation is 3. The van der Waals surface area contributed by atoms with Crippen molar-refractivity contribution in [3.8, 4) is 0 Å². The summed E-state index contributed by atoms with van der Waals surface area (Å²) in [5, 5.41) is 8.53. The zero-order chi connectivity index (χ0) is 13.8. The van der Waals surface area contributed by atoms with Gasteiger partial charge in [-0.05, 0) is 32.4 Å². The fourth-order valence-electron chi connectivity index (χ4n) is 2.06. The number of furan rings is 1. The second kappa shape index (κ2) is 6.26. The van der Waals surface area contributed by atoms with E-state index in [0.717, 1.165) is 41.6 Å². The third kappa shape index (κ3) is 3.61. The smallest absolute Gasteiger partial charge is 0.103 e. The molecule has 5 heteroatoms. The quantitative estimate of drug-likeness (QED) is 0.885. The summed E-state index contributed by atoms with van der Waals surface area (Å²) in [5.74, 6) is 1.03. The number of nitrogens with zero attached hydrogens (tertiary/aromatic N) is 2. The van der Waals surface area contributed by atoms with Gasteiger partial charge in [-0.25, -0.2) is 0 Å². The van der Waals surface area contributed by atoms with Gasteiger partial charge in [-0.3, -0.25) is 4.68 Å². The lowest BCUT2D eigenvalue weighted by Crippen LogP contribution is -2.27. The Labute approximate surface area is 118 Å². The number of hydrogen-bond acceptors (Lipinski definition) is 3. The molecule has 104 valence electrons. The van der Waals surface area contributed by atoms with Crippen molar-refractivity contribution >= 4 is 11.6 Å². The first-order chi connectivity index (χ1) is 9.08. The maximum atomic E-state index is 6.22. The molecule has 0 amide bonds. The molecule has 0 aliphatic rings. The van der Waals surface area contributed by atoms with E-state index in [4.69, 9.17) is 16.0 Å². The summed E-state index contributed by atoms with van der Waals surface area (Å²) in [5.41, 5.74) is 1.91. The van der Waals surface area contributed by atoms with E-state index in [0.29, 0.717) is 6.04 Å². The van der Waals surface area contributed by atoms with Gasteiger partial charge in [-0.2, -0.15) is 5.10 Å². The van der Waals surface area contributed by atoms with Crippen LogP contribution in [0.2, 0.25) is 5.02 Å². The number of rotatable bonds is 6. The van der Waals surface area contributed by atoms with Crippen LogP contribution < -0.4 is 5.32 Å². The van der Waals surface area contributed by atoms with Crippen molar-refractivity contribution in [2.24, 2.45) is 7.05 Å². The molecular formula is C14H20ClN3O. The molecule has 1 atom stereocenters. The van der Waals surface area contributed by atoms with Crippen LogP contribution in [0.1, 0.15) is 30.5 Å². The molecule has 4 nitrogen and oxygen atoms in total. The number of hydrogen-bond donors (Lipinski definition) is 1. The lowest BCUT2D eigenvalue weighted by Gasteiger charge is -2.13. The predicted molar refractivity (Wildman–Crippen MR) is 76.3 cm³/mol. The van der Waals surface area contributed by atoms with E-state index in [1.165, 1.54) is 0 Å². The highest BCUT2D eigenvalue weighted by molar-refractivity contribution is 6.31. The van der Waals surface area contributed by atoms with Gasteiger partial charge >= 0.3 is 0 Å². The Bertz CT molecular complexity index is 519. The van der Waals surface area contributed by atoms with E-state index in [9.17, 15) is 0 Å². The molecular weight excluding hydrogens is 262 g/mol. The van der Waals surface area contributed by atoms with Crippen molar-refractivity contribution < 1.29 is 4.42 Å². The van der Waals surface area contributed by atoms with E-state index in [1.807, 2.05) is 30.8 Å². The third-order valence-corrected chi connectivity index (χ3v) is 3.78. The summed E-state index contributed by atoms with van der Waals surface area (Å²) < 4.78 is 7.16. The Balaban J connectivity index is 1.81. The third-order valence-electron chi connectivity index (χ3n) is 3.28. The van der Waals surface area contributed by atoms with Crippen molar-refractivity contribution in [2.75, 3.05) is 0 Å². The summed E-state index contributed by atoms with van der Waals surface area (Å²) in [4.78, 5) is 0. The molecule has 2 rings (SSSR count). The first-order valence-corrected chi connectivity index (χ1v) is 6.89. The molecule has 0 spiro atoms. The Morgan fingerprint density at radius 2 is 2.32 bits per heavy atom. The van der Waals surface area contributed by atoms with Crippen molar-refractivity contribution in [3.05, 3.63) is 40.6 Å². The average Bonchev–Trinajstić information content (AvgIpc) is 2.96. The normalized spacial score (nSPS) is 12.8. The SMILES string of the molecule is Cc1nn(C)c(CNC(C)CCc2ccco2)c1Cl. The van der Waals surface area contributed by atoms with Gasteiger partial charge in [0.2, 0.25) is 0 Å². The molecule has 2 aromatic heterocycles. The first kappa shape index (κ1) is 14.2. The molecule has 0 aliphatic carbocycles. The topological polar surface area (TPSA) is 43.0 Å². The molecule has 0 saturated heterocycles. The molecule has 1 N–H and O–H groups in total. The summed E-state index contributed by atoms with van der Waals surface area (Å²) in [6.07, 6.45) is 3.69. The van der Waals surface area contributed by atoms with Crippen molar-refractivity contribution in [1.82, 2.24) is 15.1 Å². The van der Waals surface area contributed by atoms with E-state index in [2.05, 4.69) is 17.3 Å². The zero-order valence-corrected chi connectivity index (χ0v) is 12.4. The van der Waals surface area contributed by atoms with Crippen LogP contribution in [0.15, 0.2) is 22.8 Å². The van der Waals surface area contributed by atoms with Crippen LogP contribution in [0.5, 0.6) is 0 Å². The summed E-state index contributed by atoms with van der Waals surface area (Å²) in [6, 6.07) is 4.33. The summed E-state index contributed by atoms with van der Waals surface area (Å²) >= 11 is 6.22. The Kier molecular flexibility index (Phi) is 4.66. The van der Waals surface area contributed by atoms with Crippen LogP contribution >= 0.6 is 11.6 Å². The standard InChI is InChI=1S/C14H20ClN3O/c1-10(6-7-12-5-4-8-19-12)16-9-13-14(15)11(2)17-18(13)3/h4-5,8,10,16H,6-7,9H2,1-3H3. The van der Waals surface area contributed by atoms with E-state index < -0.39 is 0 Å². The maximum Gasteiger partial charge on any atom is 0.103 e. The molecule has 0 saturated carbocycles. The molecule has 0 aliphatic heterocycles. The van der Waals surface area contributed by atoms with Gasteiger partial charge in [0.25, 0.3) is 0 Å². The van der Waals surface area contributed by atoms with Crippen molar-refractivity contribution in [2.45, 2.75) is 39.3 Å². The Hall–Kier alpha value is -1.26. The molecule has 0 aromatic carbocycles. The monoisotopic (exact) mass is 281 g/mol. The fourth-order valence-corrected chi connectivity index (χ4v) is 2.29. The largest absolute Gasteiger partial charge is 0.469 e. The minimum atomic E-state index is 0.399. The Morgan fingerprint density at radius 1 is 1.53 bits per heavy atom. The van der Waals surface area contributed by atoms with E-state index >= 15 is 0 Å². The number of nitrogens with one attached hydrogen (secondary N) is 1. The van der Waals surface area contributed by atoms with Gasteiger partial charge in [0.15, 0.2) is 0 Å². The van der Waals surface area contributed by atoms with E-state index in [1.54, 1.807) is 6.26 Å². The second-order valence-electron chi connectivity index (χ2n) is 4.87. The van der Waals surface area contributed by atoms with Crippen molar-refractivity contribution in [1.29, 1.82) is 0 Å². The van der Waals surface area contributed by atoms with Gasteiger partial charge in [-0.15, -0.1) is 0 Å². The second-order valence-corrected chi connectivity index (χ2v) is 5.25. The molecule has 1 unspecified atom stereocenters.